The molecule has 2 N–H and O–H groups in total. The SMILES string of the molecule is CCCN(CCNC(=NCc1ccc(C(=O)N(C)C)cc1)NCC)C(=O)OC(C)(C)C.I. The summed E-state index contributed by atoms with van der Waals surface area (Å²) in [6.45, 7) is 12.6. The Morgan fingerprint density at radius 2 is 1.66 bits per heavy atom. The van der Waals surface area contributed by atoms with Crippen LogP contribution in [0.3, 0.4) is 0 Å². The highest BCUT2D eigenvalue weighted by atomic mass is 127. The van der Waals surface area contributed by atoms with Gasteiger partial charge in [-0.3, -0.25) is 4.79 Å². The average molecular weight is 562 g/mol. The van der Waals surface area contributed by atoms with Crippen molar-refractivity contribution < 1.29 is 14.3 Å². The van der Waals surface area contributed by atoms with E-state index in [2.05, 4.69) is 15.6 Å². The number of hydrogen-bond donors (Lipinski definition) is 2. The Morgan fingerprint density at radius 3 is 2.16 bits per heavy atom. The lowest BCUT2D eigenvalue weighted by atomic mass is 10.1. The van der Waals surface area contributed by atoms with Crippen molar-refractivity contribution in [3.63, 3.8) is 0 Å². The third kappa shape index (κ3) is 11.5. The fourth-order valence-electron chi connectivity index (χ4n) is 2.72. The molecule has 0 fully saturated rings. The molecule has 0 aromatic heterocycles. The maximum atomic E-state index is 12.4. The quantitative estimate of drug-likeness (QED) is 0.273. The van der Waals surface area contributed by atoms with Gasteiger partial charge in [0.1, 0.15) is 5.60 Å². The molecule has 0 unspecified atom stereocenters. The number of carbonyl (C=O) groups excluding carboxylic acids is 2. The zero-order chi connectivity index (χ0) is 23.4. The molecular formula is C23H40IN5O3. The van der Waals surface area contributed by atoms with Gasteiger partial charge in [-0.15, -0.1) is 24.0 Å². The third-order valence-electron chi connectivity index (χ3n) is 4.19. The number of halogens is 1. The Kier molecular flexibility index (Phi) is 14.0. The molecule has 9 heteroatoms. The molecule has 0 saturated carbocycles. The number of nitrogens with one attached hydrogen (secondary N) is 2. The molecule has 0 aliphatic rings. The normalized spacial score (nSPS) is 11.3. The molecule has 1 aromatic carbocycles. The van der Waals surface area contributed by atoms with Gasteiger partial charge in [0.25, 0.3) is 5.91 Å². The summed E-state index contributed by atoms with van der Waals surface area (Å²) in [5.41, 5.74) is 1.15. The lowest BCUT2D eigenvalue weighted by Gasteiger charge is -2.27. The van der Waals surface area contributed by atoms with E-state index >= 15 is 0 Å². The number of aliphatic imine (C=N–C) groups is 1. The predicted molar refractivity (Wildman–Crippen MR) is 141 cm³/mol. The number of amides is 2. The molecule has 1 aromatic rings. The second-order valence-corrected chi connectivity index (χ2v) is 8.49. The standard InChI is InChI=1S/C23H39N5O3.HI/c1-8-15-28(22(30)31-23(3,4)5)16-14-25-21(24-9-2)26-17-18-10-12-19(13-11-18)20(29)27(6)7;/h10-13H,8-9,14-17H2,1-7H3,(H2,24,25,26);1H. The van der Waals surface area contributed by atoms with E-state index in [9.17, 15) is 9.59 Å². The number of hydrogen-bond acceptors (Lipinski definition) is 4. The molecule has 0 bridgehead atoms. The van der Waals surface area contributed by atoms with Crippen molar-refractivity contribution in [2.45, 2.75) is 53.2 Å². The van der Waals surface area contributed by atoms with Crippen molar-refractivity contribution in [1.82, 2.24) is 20.4 Å². The molecular weight excluding hydrogens is 521 g/mol. The Labute approximate surface area is 210 Å². The average Bonchev–Trinajstić information content (AvgIpc) is 2.69. The van der Waals surface area contributed by atoms with E-state index in [1.807, 2.05) is 58.9 Å². The van der Waals surface area contributed by atoms with Crippen molar-refractivity contribution in [2.24, 2.45) is 4.99 Å². The maximum Gasteiger partial charge on any atom is 0.410 e. The molecule has 0 saturated heterocycles. The van der Waals surface area contributed by atoms with Crippen molar-refractivity contribution >= 4 is 41.9 Å². The maximum absolute atomic E-state index is 12.4. The number of ether oxygens (including phenoxy) is 1. The van der Waals surface area contributed by atoms with Crippen LogP contribution in [0.4, 0.5) is 4.79 Å². The van der Waals surface area contributed by atoms with Crippen LogP contribution in [0.5, 0.6) is 0 Å². The van der Waals surface area contributed by atoms with E-state index in [0.717, 1.165) is 18.5 Å². The van der Waals surface area contributed by atoms with E-state index in [1.54, 1.807) is 23.9 Å². The van der Waals surface area contributed by atoms with Gasteiger partial charge < -0.3 is 25.2 Å². The van der Waals surface area contributed by atoms with Crippen LogP contribution in [0.25, 0.3) is 0 Å². The number of guanidine groups is 1. The minimum absolute atomic E-state index is 0. The Morgan fingerprint density at radius 1 is 1.03 bits per heavy atom. The largest absolute Gasteiger partial charge is 0.444 e. The molecule has 0 aliphatic carbocycles. The third-order valence-corrected chi connectivity index (χ3v) is 4.19. The van der Waals surface area contributed by atoms with Crippen LogP contribution >= 0.6 is 24.0 Å². The van der Waals surface area contributed by atoms with Crippen molar-refractivity contribution in [3.8, 4) is 0 Å². The van der Waals surface area contributed by atoms with Crippen LogP contribution in [0.2, 0.25) is 0 Å². The Bertz CT molecular complexity index is 730. The first-order chi connectivity index (χ1) is 14.6. The zero-order valence-electron chi connectivity index (χ0n) is 20.5. The van der Waals surface area contributed by atoms with Gasteiger partial charge in [-0.05, 0) is 51.8 Å². The fourth-order valence-corrected chi connectivity index (χ4v) is 2.72. The van der Waals surface area contributed by atoms with Crippen LogP contribution in [-0.4, -0.2) is 73.6 Å². The summed E-state index contributed by atoms with van der Waals surface area (Å²) in [5, 5.41) is 6.48. The van der Waals surface area contributed by atoms with Crippen molar-refractivity contribution in [1.29, 1.82) is 0 Å². The molecule has 0 atom stereocenters. The highest BCUT2D eigenvalue weighted by Crippen LogP contribution is 2.10. The minimum atomic E-state index is -0.514. The minimum Gasteiger partial charge on any atom is -0.444 e. The van der Waals surface area contributed by atoms with Crippen LogP contribution in [0.1, 0.15) is 57.0 Å². The predicted octanol–water partition coefficient (Wildman–Crippen LogP) is 3.71. The molecule has 32 heavy (non-hydrogen) atoms. The molecule has 8 nitrogen and oxygen atoms in total. The zero-order valence-corrected chi connectivity index (χ0v) is 22.9. The lowest BCUT2D eigenvalue weighted by Crippen LogP contribution is -2.44. The summed E-state index contributed by atoms with van der Waals surface area (Å²) in [6.07, 6.45) is 0.560. The number of nitrogens with zero attached hydrogens (tertiary/aromatic N) is 3. The summed E-state index contributed by atoms with van der Waals surface area (Å²) in [7, 11) is 3.47. The van der Waals surface area contributed by atoms with Gasteiger partial charge in [0.05, 0.1) is 6.54 Å². The van der Waals surface area contributed by atoms with Gasteiger partial charge >= 0.3 is 6.09 Å². The first-order valence-corrected chi connectivity index (χ1v) is 10.9. The second kappa shape index (κ2) is 14.9. The monoisotopic (exact) mass is 561 g/mol. The van der Waals surface area contributed by atoms with Crippen LogP contribution < -0.4 is 10.6 Å². The van der Waals surface area contributed by atoms with Gasteiger partial charge in [0, 0.05) is 45.8 Å². The van der Waals surface area contributed by atoms with E-state index in [0.29, 0.717) is 37.7 Å². The van der Waals surface area contributed by atoms with Gasteiger partial charge in [-0.25, -0.2) is 9.79 Å². The van der Waals surface area contributed by atoms with E-state index in [1.165, 1.54) is 0 Å². The molecule has 0 heterocycles. The highest BCUT2D eigenvalue weighted by molar-refractivity contribution is 14.0. The Hall–Kier alpha value is -2.04. The molecule has 1 rings (SSSR count). The summed E-state index contributed by atoms with van der Waals surface area (Å²) >= 11 is 0. The van der Waals surface area contributed by atoms with Crippen molar-refractivity contribution in [2.75, 3.05) is 40.3 Å². The first kappa shape index (κ1) is 30.0. The topological polar surface area (TPSA) is 86.3 Å². The Balaban J connectivity index is 0.00000961. The van der Waals surface area contributed by atoms with E-state index in [4.69, 9.17) is 4.74 Å². The van der Waals surface area contributed by atoms with Crippen LogP contribution in [0, 0.1) is 0 Å². The van der Waals surface area contributed by atoms with E-state index < -0.39 is 5.60 Å². The summed E-state index contributed by atoms with van der Waals surface area (Å²) in [4.78, 5) is 32.2. The molecule has 182 valence electrons. The summed E-state index contributed by atoms with van der Waals surface area (Å²) < 4.78 is 5.49. The molecule has 2 amide bonds. The fraction of sp³-hybridized carbons (Fsp3) is 0.609. The van der Waals surface area contributed by atoms with Crippen molar-refractivity contribution in [3.05, 3.63) is 35.4 Å². The summed E-state index contributed by atoms with van der Waals surface area (Å²) in [5.74, 6) is 0.656. The molecule has 0 spiro atoms. The smallest absolute Gasteiger partial charge is 0.410 e. The highest BCUT2D eigenvalue weighted by Gasteiger charge is 2.21. The van der Waals surface area contributed by atoms with Crippen LogP contribution in [0.15, 0.2) is 29.3 Å². The first-order valence-electron chi connectivity index (χ1n) is 10.9. The van der Waals surface area contributed by atoms with Gasteiger partial charge in [0.2, 0.25) is 0 Å². The van der Waals surface area contributed by atoms with Crippen LogP contribution in [-0.2, 0) is 11.3 Å². The number of rotatable bonds is 9. The molecule has 0 aliphatic heterocycles. The number of carbonyl (C=O) groups is 2. The van der Waals surface area contributed by atoms with Gasteiger partial charge in [0.15, 0.2) is 5.96 Å². The van der Waals surface area contributed by atoms with Gasteiger partial charge in [-0.2, -0.15) is 0 Å². The van der Waals surface area contributed by atoms with Gasteiger partial charge in [-0.1, -0.05) is 19.1 Å². The van der Waals surface area contributed by atoms with E-state index in [-0.39, 0.29) is 36.0 Å². The second-order valence-electron chi connectivity index (χ2n) is 8.49. The lowest BCUT2D eigenvalue weighted by molar-refractivity contribution is 0.0253. The molecule has 0 radical (unpaired) electrons. The summed E-state index contributed by atoms with van der Waals surface area (Å²) in [6, 6.07) is 7.46. The number of benzene rings is 1.